The normalized spacial score (nSPS) is 10.7. The van der Waals surface area contributed by atoms with Gasteiger partial charge in [-0.15, -0.1) is 0 Å². The predicted octanol–water partition coefficient (Wildman–Crippen LogP) is 2.57. The molecule has 2 aromatic carbocycles. The number of rotatable bonds is 5. The van der Waals surface area contributed by atoms with Crippen molar-refractivity contribution in [1.82, 2.24) is 20.7 Å². The number of carbonyl (C=O) groups excluding carboxylic acids is 1. The maximum Gasteiger partial charge on any atom is 0.246 e. The Bertz CT molecular complexity index is 914. The fraction of sp³-hybridized carbons (Fsp3) is 0.167. The number of fused-ring (bicyclic) bond motifs is 1. The third-order valence-corrected chi connectivity index (χ3v) is 3.78. The molecule has 3 aromatic rings. The highest BCUT2D eigenvalue weighted by Crippen LogP contribution is 2.33. The lowest BCUT2D eigenvalue weighted by Crippen LogP contribution is -2.25. The van der Waals surface area contributed by atoms with E-state index in [9.17, 15) is 9.90 Å². The Morgan fingerprint density at radius 3 is 2.88 bits per heavy atom. The van der Waals surface area contributed by atoms with E-state index in [4.69, 9.17) is 0 Å². The fourth-order valence-corrected chi connectivity index (χ4v) is 2.51. The molecule has 0 saturated carbocycles. The average molecular weight is 322 g/mol. The molecule has 0 saturated heterocycles. The molecule has 3 rings (SSSR count). The number of nitrogens with one attached hydrogen (secondary N) is 2. The molecule has 0 aliphatic carbocycles. The summed E-state index contributed by atoms with van der Waals surface area (Å²) in [6, 6.07) is 11.0. The number of H-pyrrole nitrogens is 1. The number of para-hydroxylation sites is 1. The average Bonchev–Trinajstić information content (AvgIpc) is 3.05. The SMILES string of the molecule is C=C(C)C(=O)NCCc1ccc(O)c(-c2cccc3n[nH]nc23)c1. The molecule has 0 aliphatic heterocycles. The van der Waals surface area contributed by atoms with Crippen molar-refractivity contribution in [3.05, 3.63) is 54.1 Å². The number of phenolic OH excluding ortho intramolecular Hbond substituents is 1. The number of amides is 1. The molecule has 6 nitrogen and oxygen atoms in total. The van der Waals surface area contributed by atoms with Gasteiger partial charge in [0, 0.05) is 23.2 Å². The Morgan fingerprint density at radius 2 is 2.08 bits per heavy atom. The minimum Gasteiger partial charge on any atom is -0.507 e. The van der Waals surface area contributed by atoms with E-state index in [0.29, 0.717) is 29.6 Å². The summed E-state index contributed by atoms with van der Waals surface area (Å²) in [5, 5.41) is 23.9. The van der Waals surface area contributed by atoms with Gasteiger partial charge in [-0.3, -0.25) is 4.79 Å². The van der Waals surface area contributed by atoms with E-state index in [0.717, 1.165) is 16.6 Å². The summed E-state index contributed by atoms with van der Waals surface area (Å²) in [6.45, 7) is 5.79. The molecule has 122 valence electrons. The summed E-state index contributed by atoms with van der Waals surface area (Å²) < 4.78 is 0. The van der Waals surface area contributed by atoms with Crippen molar-refractivity contribution in [2.45, 2.75) is 13.3 Å². The van der Waals surface area contributed by atoms with Gasteiger partial charge in [-0.1, -0.05) is 24.8 Å². The van der Waals surface area contributed by atoms with Crippen LogP contribution in [0.15, 0.2) is 48.6 Å². The van der Waals surface area contributed by atoms with Gasteiger partial charge in [-0.2, -0.15) is 15.4 Å². The largest absolute Gasteiger partial charge is 0.507 e. The van der Waals surface area contributed by atoms with Crippen molar-refractivity contribution in [2.24, 2.45) is 0 Å². The van der Waals surface area contributed by atoms with Crippen LogP contribution in [-0.2, 0) is 11.2 Å². The van der Waals surface area contributed by atoms with Gasteiger partial charge in [0.1, 0.15) is 16.8 Å². The molecule has 0 spiro atoms. The van der Waals surface area contributed by atoms with Crippen molar-refractivity contribution < 1.29 is 9.90 Å². The number of aromatic nitrogens is 3. The molecule has 0 aliphatic rings. The monoisotopic (exact) mass is 322 g/mol. The van der Waals surface area contributed by atoms with Gasteiger partial charge < -0.3 is 10.4 Å². The number of nitrogens with zero attached hydrogens (tertiary/aromatic N) is 2. The minimum absolute atomic E-state index is 0.152. The number of benzene rings is 2. The van der Waals surface area contributed by atoms with Crippen LogP contribution < -0.4 is 5.32 Å². The summed E-state index contributed by atoms with van der Waals surface area (Å²) in [5.41, 5.74) is 4.45. The first-order chi connectivity index (χ1) is 11.6. The van der Waals surface area contributed by atoms with E-state index in [2.05, 4.69) is 27.3 Å². The molecule has 3 N–H and O–H groups in total. The minimum atomic E-state index is -0.152. The second-order valence-electron chi connectivity index (χ2n) is 5.63. The van der Waals surface area contributed by atoms with Crippen molar-refractivity contribution in [3.63, 3.8) is 0 Å². The number of hydrogen-bond acceptors (Lipinski definition) is 4. The highest BCUT2D eigenvalue weighted by atomic mass is 16.3. The highest BCUT2D eigenvalue weighted by molar-refractivity contribution is 5.93. The standard InChI is InChI=1S/C18H18N4O2/c1-11(2)18(24)19-9-8-12-6-7-16(23)14(10-12)13-4-3-5-15-17(13)21-22-20-15/h3-7,10,23H,1,8-9H2,2H3,(H,19,24)(H,20,21,22). The first-order valence-electron chi connectivity index (χ1n) is 7.61. The first-order valence-corrected chi connectivity index (χ1v) is 7.61. The van der Waals surface area contributed by atoms with Gasteiger partial charge in [-0.25, -0.2) is 0 Å². The van der Waals surface area contributed by atoms with Crippen LogP contribution in [0, 0.1) is 0 Å². The Labute approximate surface area is 139 Å². The quantitative estimate of drug-likeness (QED) is 0.630. The van der Waals surface area contributed by atoms with Gasteiger partial charge in [0.05, 0.1) is 0 Å². The van der Waals surface area contributed by atoms with E-state index in [1.54, 1.807) is 13.0 Å². The maximum atomic E-state index is 11.5. The maximum absolute atomic E-state index is 11.5. The van der Waals surface area contributed by atoms with Crippen LogP contribution >= 0.6 is 0 Å². The Kier molecular flexibility index (Phi) is 4.29. The smallest absolute Gasteiger partial charge is 0.246 e. The van der Waals surface area contributed by atoms with Crippen molar-refractivity contribution in [3.8, 4) is 16.9 Å². The summed E-state index contributed by atoms with van der Waals surface area (Å²) in [5.74, 6) is 0.0292. The van der Waals surface area contributed by atoms with E-state index in [1.807, 2.05) is 30.3 Å². The van der Waals surface area contributed by atoms with E-state index >= 15 is 0 Å². The molecule has 0 radical (unpaired) electrons. The summed E-state index contributed by atoms with van der Waals surface area (Å²) in [4.78, 5) is 11.5. The Morgan fingerprint density at radius 1 is 1.25 bits per heavy atom. The zero-order chi connectivity index (χ0) is 17.1. The van der Waals surface area contributed by atoms with Gasteiger partial charge in [-0.05, 0) is 37.1 Å². The fourth-order valence-electron chi connectivity index (χ4n) is 2.51. The van der Waals surface area contributed by atoms with Gasteiger partial charge in [0.25, 0.3) is 0 Å². The Hall–Kier alpha value is -3.15. The Balaban J connectivity index is 1.86. The highest BCUT2D eigenvalue weighted by Gasteiger charge is 2.12. The van der Waals surface area contributed by atoms with Crippen LogP contribution in [0.4, 0.5) is 0 Å². The molecular formula is C18H18N4O2. The van der Waals surface area contributed by atoms with Gasteiger partial charge >= 0.3 is 0 Å². The van der Waals surface area contributed by atoms with Crippen molar-refractivity contribution >= 4 is 16.9 Å². The summed E-state index contributed by atoms with van der Waals surface area (Å²) in [6.07, 6.45) is 0.654. The molecule has 0 bridgehead atoms. The van der Waals surface area contributed by atoms with Crippen molar-refractivity contribution in [2.75, 3.05) is 6.54 Å². The van der Waals surface area contributed by atoms with Crippen LogP contribution in [0.1, 0.15) is 12.5 Å². The van der Waals surface area contributed by atoms with E-state index in [1.165, 1.54) is 0 Å². The number of hydrogen-bond donors (Lipinski definition) is 3. The number of phenols is 1. The molecule has 0 fully saturated rings. The second-order valence-corrected chi connectivity index (χ2v) is 5.63. The summed E-state index contributed by atoms with van der Waals surface area (Å²) in [7, 11) is 0. The number of carbonyl (C=O) groups is 1. The van der Waals surface area contributed by atoms with Crippen LogP contribution in [0.3, 0.4) is 0 Å². The van der Waals surface area contributed by atoms with E-state index < -0.39 is 0 Å². The third-order valence-electron chi connectivity index (χ3n) is 3.78. The zero-order valence-electron chi connectivity index (χ0n) is 13.3. The van der Waals surface area contributed by atoms with Gasteiger partial charge in [0.2, 0.25) is 5.91 Å². The van der Waals surface area contributed by atoms with Gasteiger partial charge in [0.15, 0.2) is 0 Å². The van der Waals surface area contributed by atoms with Crippen LogP contribution in [-0.4, -0.2) is 33.0 Å². The lowest BCUT2D eigenvalue weighted by molar-refractivity contribution is -0.117. The topological polar surface area (TPSA) is 90.9 Å². The number of aromatic hydroxyl groups is 1. The molecule has 24 heavy (non-hydrogen) atoms. The van der Waals surface area contributed by atoms with Crippen LogP contribution in [0.2, 0.25) is 0 Å². The molecular weight excluding hydrogens is 304 g/mol. The molecule has 0 unspecified atom stereocenters. The predicted molar refractivity (Wildman–Crippen MR) is 92.5 cm³/mol. The van der Waals surface area contributed by atoms with E-state index in [-0.39, 0.29) is 11.7 Å². The zero-order valence-corrected chi connectivity index (χ0v) is 13.3. The van der Waals surface area contributed by atoms with Crippen molar-refractivity contribution in [1.29, 1.82) is 0 Å². The molecule has 1 aromatic heterocycles. The lowest BCUT2D eigenvalue weighted by Gasteiger charge is -2.09. The molecule has 1 amide bonds. The molecule has 6 heteroatoms. The first kappa shape index (κ1) is 15.7. The third kappa shape index (κ3) is 3.12. The summed E-state index contributed by atoms with van der Waals surface area (Å²) >= 11 is 0. The van der Waals surface area contributed by atoms with Crippen LogP contribution in [0.5, 0.6) is 5.75 Å². The second kappa shape index (κ2) is 6.54. The van der Waals surface area contributed by atoms with Crippen LogP contribution in [0.25, 0.3) is 22.2 Å². The lowest BCUT2D eigenvalue weighted by atomic mass is 9.99. The number of aromatic amines is 1. The molecule has 0 atom stereocenters. The molecule has 1 heterocycles.